The van der Waals surface area contributed by atoms with Gasteiger partial charge in [-0.3, -0.25) is 0 Å². The van der Waals surface area contributed by atoms with Crippen LogP contribution in [0.15, 0.2) is 4.47 Å². The summed E-state index contributed by atoms with van der Waals surface area (Å²) in [5, 5.41) is 3.32. The third kappa shape index (κ3) is 3.92. The summed E-state index contributed by atoms with van der Waals surface area (Å²) in [7, 11) is 1.70. The highest BCUT2D eigenvalue weighted by atomic mass is 79.9. The van der Waals surface area contributed by atoms with Crippen molar-refractivity contribution in [3.05, 3.63) is 16.0 Å². The Kier molecular flexibility index (Phi) is 6.23. The van der Waals surface area contributed by atoms with E-state index in [1.807, 2.05) is 0 Å². The fraction of sp³-hybridized carbons (Fsp3) is 0.733. The molecular weight excluding hydrogens is 318 g/mol. The van der Waals surface area contributed by atoms with E-state index in [0.29, 0.717) is 12.5 Å². The fourth-order valence-electron chi connectivity index (χ4n) is 2.75. The van der Waals surface area contributed by atoms with Crippen molar-refractivity contribution in [1.29, 1.82) is 0 Å². The standard InChI is InChI=1S/C15H24BrN3O/c1-3-17-15-13(16)12(10-20-2)18-14(19-15)11-8-6-4-5-7-9-11/h11H,3-10H2,1-2H3,(H,17,18,19). The lowest BCUT2D eigenvalue weighted by atomic mass is 9.99. The second kappa shape index (κ2) is 7.93. The first-order valence-corrected chi connectivity index (χ1v) is 8.34. The van der Waals surface area contributed by atoms with Crippen LogP contribution in [0.2, 0.25) is 0 Å². The van der Waals surface area contributed by atoms with Gasteiger partial charge < -0.3 is 10.1 Å². The molecule has 20 heavy (non-hydrogen) atoms. The number of ether oxygens (including phenoxy) is 1. The zero-order valence-corrected chi connectivity index (χ0v) is 14.0. The first-order valence-electron chi connectivity index (χ1n) is 7.55. The van der Waals surface area contributed by atoms with Crippen molar-refractivity contribution in [3.8, 4) is 0 Å². The van der Waals surface area contributed by atoms with Crippen molar-refractivity contribution in [3.63, 3.8) is 0 Å². The minimum Gasteiger partial charge on any atom is -0.378 e. The largest absolute Gasteiger partial charge is 0.378 e. The van der Waals surface area contributed by atoms with Crippen LogP contribution in [0.5, 0.6) is 0 Å². The van der Waals surface area contributed by atoms with Gasteiger partial charge in [0.2, 0.25) is 0 Å². The molecule has 0 aliphatic heterocycles. The number of nitrogens with zero attached hydrogens (tertiary/aromatic N) is 2. The lowest BCUT2D eigenvalue weighted by molar-refractivity contribution is 0.180. The van der Waals surface area contributed by atoms with Gasteiger partial charge in [-0.2, -0.15) is 0 Å². The Hall–Kier alpha value is -0.680. The van der Waals surface area contributed by atoms with E-state index in [2.05, 4.69) is 28.2 Å². The zero-order valence-electron chi connectivity index (χ0n) is 12.4. The summed E-state index contributed by atoms with van der Waals surface area (Å²) >= 11 is 3.59. The number of aromatic nitrogens is 2. The molecule has 0 bridgehead atoms. The minimum atomic E-state index is 0.499. The molecule has 0 saturated heterocycles. The number of methoxy groups -OCH3 is 1. The Balaban J connectivity index is 2.30. The maximum Gasteiger partial charge on any atom is 0.144 e. The molecule has 1 heterocycles. The van der Waals surface area contributed by atoms with E-state index < -0.39 is 0 Å². The van der Waals surface area contributed by atoms with Gasteiger partial charge in [-0.05, 0) is 35.7 Å². The Bertz CT molecular complexity index is 404. The van der Waals surface area contributed by atoms with E-state index in [4.69, 9.17) is 14.7 Å². The molecule has 0 spiro atoms. The fourth-order valence-corrected chi connectivity index (χ4v) is 3.18. The maximum absolute atomic E-state index is 5.26. The summed E-state index contributed by atoms with van der Waals surface area (Å²) in [5.41, 5.74) is 0.942. The summed E-state index contributed by atoms with van der Waals surface area (Å²) in [6.07, 6.45) is 7.69. The SMILES string of the molecule is CCNc1nc(C2CCCCCC2)nc(COC)c1Br. The highest BCUT2D eigenvalue weighted by Gasteiger charge is 2.20. The van der Waals surface area contributed by atoms with Crippen molar-refractivity contribution in [2.24, 2.45) is 0 Å². The van der Waals surface area contributed by atoms with Crippen LogP contribution in [0.4, 0.5) is 5.82 Å². The highest BCUT2D eigenvalue weighted by Crippen LogP contribution is 2.33. The molecule has 2 rings (SSSR count). The Morgan fingerprint density at radius 3 is 2.50 bits per heavy atom. The van der Waals surface area contributed by atoms with Crippen molar-refractivity contribution in [1.82, 2.24) is 9.97 Å². The number of hydrogen-bond acceptors (Lipinski definition) is 4. The quantitative estimate of drug-likeness (QED) is 0.813. The van der Waals surface area contributed by atoms with E-state index in [9.17, 15) is 0 Å². The van der Waals surface area contributed by atoms with Gasteiger partial charge in [0, 0.05) is 19.6 Å². The van der Waals surface area contributed by atoms with E-state index in [1.165, 1.54) is 38.5 Å². The summed E-state index contributed by atoms with van der Waals surface area (Å²) in [6, 6.07) is 0. The van der Waals surface area contributed by atoms with Crippen LogP contribution < -0.4 is 5.32 Å². The molecule has 1 saturated carbocycles. The lowest BCUT2D eigenvalue weighted by Gasteiger charge is -2.17. The molecule has 0 radical (unpaired) electrons. The van der Waals surface area contributed by atoms with Crippen LogP contribution in [-0.4, -0.2) is 23.6 Å². The van der Waals surface area contributed by atoms with Crippen LogP contribution in [-0.2, 0) is 11.3 Å². The molecule has 0 unspecified atom stereocenters. The van der Waals surface area contributed by atoms with Crippen LogP contribution >= 0.6 is 15.9 Å². The van der Waals surface area contributed by atoms with Crippen LogP contribution in [0.3, 0.4) is 0 Å². The highest BCUT2D eigenvalue weighted by molar-refractivity contribution is 9.10. The van der Waals surface area contributed by atoms with Crippen LogP contribution in [0, 0.1) is 0 Å². The summed E-state index contributed by atoms with van der Waals surface area (Å²) < 4.78 is 6.19. The third-order valence-corrected chi connectivity index (χ3v) is 4.62. The van der Waals surface area contributed by atoms with E-state index in [-0.39, 0.29) is 0 Å². The van der Waals surface area contributed by atoms with Gasteiger partial charge in [-0.25, -0.2) is 9.97 Å². The number of anilines is 1. The normalized spacial score (nSPS) is 16.9. The van der Waals surface area contributed by atoms with Crippen LogP contribution in [0.1, 0.15) is 62.9 Å². The van der Waals surface area contributed by atoms with E-state index in [1.54, 1.807) is 7.11 Å². The molecule has 0 atom stereocenters. The van der Waals surface area contributed by atoms with Crippen molar-refractivity contribution in [2.75, 3.05) is 19.0 Å². The summed E-state index contributed by atoms with van der Waals surface area (Å²) in [4.78, 5) is 9.49. The molecule has 112 valence electrons. The first kappa shape index (κ1) is 15.7. The lowest BCUT2D eigenvalue weighted by Crippen LogP contribution is -2.11. The third-order valence-electron chi connectivity index (χ3n) is 3.78. The van der Waals surface area contributed by atoms with Gasteiger partial charge in [-0.15, -0.1) is 0 Å². The van der Waals surface area contributed by atoms with Crippen molar-refractivity contribution >= 4 is 21.7 Å². The molecule has 1 aromatic rings. The predicted octanol–water partition coefficient (Wildman–Crippen LogP) is 4.26. The number of rotatable bonds is 5. The molecule has 4 nitrogen and oxygen atoms in total. The Labute approximate surface area is 129 Å². The summed E-state index contributed by atoms with van der Waals surface area (Å²) in [6.45, 7) is 3.45. The Morgan fingerprint density at radius 2 is 1.90 bits per heavy atom. The van der Waals surface area contributed by atoms with E-state index >= 15 is 0 Å². The monoisotopic (exact) mass is 341 g/mol. The smallest absolute Gasteiger partial charge is 0.144 e. The summed E-state index contributed by atoms with van der Waals surface area (Å²) in [5.74, 6) is 2.38. The van der Waals surface area contributed by atoms with Gasteiger partial charge in [0.25, 0.3) is 0 Å². The topological polar surface area (TPSA) is 47.0 Å². The maximum atomic E-state index is 5.26. The average Bonchev–Trinajstić information content (AvgIpc) is 2.72. The molecular formula is C15H24BrN3O. The Morgan fingerprint density at radius 1 is 1.20 bits per heavy atom. The minimum absolute atomic E-state index is 0.499. The van der Waals surface area contributed by atoms with Gasteiger partial charge >= 0.3 is 0 Å². The van der Waals surface area contributed by atoms with Gasteiger partial charge in [0.15, 0.2) is 0 Å². The second-order valence-corrected chi connectivity index (χ2v) is 6.14. The molecule has 1 aliphatic carbocycles. The first-order chi connectivity index (χ1) is 9.76. The van der Waals surface area contributed by atoms with Crippen molar-refractivity contribution in [2.45, 2.75) is 58.0 Å². The van der Waals surface area contributed by atoms with Gasteiger partial charge in [0.05, 0.1) is 16.8 Å². The molecule has 1 fully saturated rings. The van der Waals surface area contributed by atoms with Gasteiger partial charge in [0.1, 0.15) is 11.6 Å². The van der Waals surface area contributed by atoms with E-state index in [0.717, 1.165) is 28.4 Å². The number of hydrogen-bond donors (Lipinski definition) is 1. The molecule has 1 aromatic heterocycles. The molecule has 1 N–H and O–H groups in total. The predicted molar refractivity (Wildman–Crippen MR) is 85.1 cm³/mol. The second-order valence-electron chi connectivity index (χ2n) is 5.34. The van der Waals surface area contributed by atoms with Crippen LogP contribution in [0.25, 0.3) is 0 Å². The molecule has 1 aliphatic rings. The van der Waals surface area contributed by atoms with Gasteiger partial charge in [-0.1, -0.05) is 25.7 Å². The average molecular weight is 342 g/mol. The molecule has 0 amide bonds. The molecule has 5 heteroatoms. The number of nitrogens with one attached hydrogen (secondary N) is 1. The number of halogens is 1. The zero-order chi connectivity index (χ0) is 14.4. The molecule has 0 aromatic carbocycles. The van der Waals surface area contributed by atoms with Crippen molar-refractivity contribution < 1.29 is 4.74 Å².